The number of carboxylic acid groups (broad SMARTS) is 1. The van der Waals surface area contributed by atoms with Crippen LogP contribution in [-0.2, 0) is 6.54 Å². The molecule has 0 atom stereocenters. The number of oxazole rings is 1. The predicted molar refractivity (Wildman–Crippen MR) is 106 cm³/mol. The molecule has 3 N–H and O–H groups in total. The van der Waals surface area contributed by atoms with E-state index in [0.29, 0.717) is 34.5 Å². The minimum absolute atomic E-state index is 0.0997. The Labute approximate surface area is 174 Å². The first-order valence-corrected chi connectivity index (χ1v) is 8.89. The number of carbonyl (C=O) groups excluding carboxylic acids is 1. The van der Waals surface area contributed by atoms with Crippen molar-refractivity contribution >= 4 is 29.2 Å². The van der Waals surface area contributed by atoms with Gasteiger partial charge >= 0.3 is 5.97 Å². The predicted octanol–water partition coefficient (Wildman–Crippen LogP) is 3.40. The first kappa shape index (κ1) is 20.8. The number of anilines is 1. The van der Waals surface area contributed by atoms with E-state index in [4.69, 9.17) is 31.3 Å². The van der Waals surface area contributed by atoms with Crippen LogP contribution in [0.4, 0.5) is 5.82 Å². The van der Waals surface area contributed by atoms with Gasteiger partial charge in [0.2, 0.25) is 0 Å². The maximum Gasteiger partial charge on any atom is 0.358 e. The highest BCUT2D eigenvalue weighted by Gasteiger charge is 2.16. The smallest absolute Gasteiger partial charge is 0.358 e. The van der Waals surface area contributed by atoms with Crippen molar-refractivity contribution in [1.29, 1.82) is 0 Å². The number of aromatic carboxylic acids is 1. The molecule has 3 aromatic heterocycles. The van der Waals surface area contributed by atoms with Gasteiger partial charge in [0.05, 0.1) is 6.20 Å². The van der Waals surface area contributed by atoms with E-state index in [-0.39, 0.29) is 17.2 Å². The maximum absolute atomic E-state index is 11.0. The fraction of sp³-hybridized carbons (Fsp3) is 0.105. The van der Waals surface area contributed by atoms with E-state index in [1.54, 1.807) is 36.4 Å². The molecule has 0 bridgehead atoms. The highest BCUT2D eigenvalue weighted by Crippen LogP contribution is 2.24. The monoisotopic (exact) mass is 429 g/mol. The van der Waals surface area contributed by atoms with Crippen LogP contribution in [0.15, 0.2) is 57.8 Å². The number of hydrogen-bond donors (Lipinski definition) is 2. The minimum atomic E-state index is -1.12. The molecular weight excluding hydrogens is 414 g/mol. The van der Waals surface area contributed by atoms with Crippen LogP contribution in [0.5, 0.6) is 0 Å². The average Bonchev–Trinajstić information content (AvgIpc) is 3.44. The molecule has 11 heteroatoms. The summed E-state index contributed by atoms with van der Waals surface area (Å²) in [6, 6.07) is 10.0. The molecule has 0 amide bonds. The lowest BCUT2D eigenvalue weighted by Crippen LogP contribution is -2.03. The number of carboxylic acids is 1. The lowest BCUT2D eigenvalue weighted by molar-refractivity contribution is 0.0691. The Morgan fingerprint density at radius 2 is 1.93 bits per heavy atom. The van der Waals surface area contributed by atoms with Crippen LogP contribution in [0.3, 0.4) is 0 Å². The number of aromatic nitrogens is 4. The van der Waals surface area contributed by atoms with Gasteiger partial charge in [-0.05, 0) is 36.4 Å². The van der Waals surface area contributed by atoms with Crippen LogP contribution < -0.4 is 5.73 Å². The number of rotatable bonds is 5. The Morgan fingerprint density at radius 1 is 1.20 bits per heavy atom. The van der Waals surface area contributed by atoms with Gasteiger partial charge in [-0.15, -0.1) is 5.10 Å². The molecule has 0 unspecified atom stereocenters. The Kier molecular flexibility index (Phi) is 6.28. The van der Waals surface area contributed by atoms with Crippen LogP contribution >= 0.6 is 11.6 Å². The molecule has 1 aromatic carbocycles. The van der Waals surface area contributed by atoms with Crippen molar-refractivity contribution < 1.29 is 23.5 Å². The van der Waals surface area contributed by atoms with Crippen LogP contribution in [0.25, 0.3) is 11.3 Å². The van der Waals surface area contributed by atoms with Gasteiger partial charge in [0.15, 0.2) is 35.2 Å². The molecule has 0 radical (unpaired) electrons. The fourth-order valence-electron chi connectivity index (χ4n) is 2.38. The molecule has 0 aliphatic rings. The summed E-state index contributed by atoms with van der Waals surface area (Å²) in [7, 11) is 0. The van der Waals surface area contributed by atoms with Crippen LogP contribution in [-0.4, -0.2) is 36.8 Å². The number of carbonyl (C=O) groups is 2. The zero-order valence-corrected chi connectivity index (χ0v) is 16.4. The molecule has 4 aromatic rings. The SMILES string of the molecule is CC(=O)c1ccc(Cn2ncc(N)n2)o1.O=C(O)c1ncoc1-c1ccc(Cl)cc1. The molecule has 0 saturated carbocycles. The van der Waals surface area contributed by atoms with Crippen LogP contribution in [0, 0.1) is 0 Å². The Hall–Kier alpha value is -3.92. The summed E-state index contributed by atoms with van der Waals surface area (Å²) < 4.78 is 10.3. The molecule has 10 nitrogen and oxygen atoms in total. The van der Waals surface area contributed by atoms with E-state index >= 15 is 0 Å². The van der Waals surface area contributed by atoms with Gasteiger partial charge in [-0.3, -0.25) is 4.79 Å². The number of nitrogens with two attached hydrogens (primary N) is 1. The average molecular weight is 430 g/mol. The summed E-state index contributed by atoms with van der Waals surface area (Å²) in [5, 5.41) is 17.2. The first-order valence-electron chi connectivity index (χ1n) is 8.51. The van der Waals surface area contributed by atoms with Gasteiger partial charge in [-0.1, -0.05) is 11.6 Å². The third-order valence-electron chi connectivity index (χ3n) is 3.74. The van der Waals surface area contributed by atoms with Crippen molar-refractivity contribution in [1.82, 2.24) is 20.0 Å². The number of nitrogens with zero attached hydrogens (tertiary/aromatic N) is 4. The topological polar surface area (TPSA) is 150 Å². The van der Waals surface area contributed by atoms with Gasteiger partial charge in [0.25, 0.3) is 0 Å². The van der Waals surface area contributed by atoms with E-state index in [9.17, 15) is 9.59 Å². The van der Waals surface area contributed by atoms with E-state index in [1.807, 2.05) is 0 Å². The molecule has 4 rings (SSSR count). The summed E-state index contributed by atoms with van der Waals surface area (Å²) in [6.45, 7) is 1.82. The number of hydrogen-bond acceptors (Lipinski definition) is 8. The number of nitrogen functional groups attached to an aromatic ring is 1. The Balaban J connectivity index is 0.000000171. The molecule has 0 aliphatic heterocycles. The Bertz CT molecular complexity index is 1160. The largest absolute Gasteiger partial charge is 0.476 e. The quantitative estimate of drug-likeness (QED) is 0.454. The van der Waals surface area contributed by atoms with Crippen LogP contribution in [0.1, 0.15) is 33.7 Å². The van der Waals surface area contributed by atoms with Crippen LogP contribution in [0.2, 0.25) is 5.02 Å². The molecule has 0 spiro atoms. The van der Waals surface area contributed by atoms with Crippen molar-refractivity contribution in [2.75, 3.05) is 5.73 Å². The van der Waals surface area contributed by atoms with E-state index in [1.165, 1.54) is 17.9 Å². The van der Waals surface area contributed by atoms with Crippen molar-refractivity contribution in [2.45, 2.75) is 13.5 Å². The summed E-state index contributed by atoms with van der Waals surface area (Å²) in [5.74, 6) is 0.330. The normalized spacial score (nSPS) is 10.3. The standard InChI is InChI=1S/C10H6ClNO3.C9H10N4O2/c11-7-3-1-6(2-4-7)9-8(10(13)14)12-5-15-9;1-6(14)8-3-2-7(15-8)5-13-11-4-9(10)12-13/h1-5H,(H,13,14);2-4H,5H2,1H3,(H2,10,12). The zero-order valence-electron chi connectivity index (χ0n) is 15.7. The lowest BCUT2D eigenvalue weighted by atomic mass is 10.1. The molecule has 3 heterocycles. The second kappa shape index (κ2) is 9.05. The minimum Gasteiger partial charge on any atom is -0.476 e. The molecule has 154 valence electrons. The fourth-order valence-corrected chi connectivity index (χ4v) is 2.51. The van der Waals surface area contributed by atoms with Crippen molar-refractivity contribution in [3.05, 3.63) is 71.2 Å². The molecular formula is C19H16ClN5O5. The second-order valence-corrected chi connectivity index (χ2v) is 6.40. The van der Waals surface area contributed by atoms with Gasteiger partial charge in [0.1, 0.15) is 12.3 Å². The van der Waals surface area contributed by atoms with Gasteiger partial charge in [-0.2, -0.15) is 9.90 Å². The molecule has 0 aliphatic carbocycles. The van der Waals surface area contributed by atoms with Gasteiger partial charge < -0.3 is 19.7 Å². The zero-order chi connectivity index (χ0) is 21.7. The second-order valence-electron chi connectivity index (χ2n) is 5.96. The van der Waals surface area contributed by atoms with Gasteiger partial charge in [-0.25, -0.2) is 9.78 Å². The molecule has 30 heavy (non-hydrogen) atoms. The number of halogens is 1. The highest BCUT2D eigenvalue weighted by atomic mass is 35.5. The summed E-state index contributed by atoms with van der Waals surface area (Å²) in [5.41, 5.74) is 5.94. The van der Waals surface area contributed by atoms with Crippen molar-refractivity contribution in [3.63, 3.8) is 0 Å². The third-order valence-corrected chi connectivity index (χ3v) is 3.99. The number of furan rings is 1. The van der Waals surface area contributed by atoms with E-state index in [2.05, 4.69) is 15.2 Å². The Morgan fingerprint density at radius 3 is 2.50 bits per heavy atom. The number of Topliss-reactive ketones (excluding diaryl/α,β-unsaturated/α-hetero) is 1. The van der Waals surface area contributed by atoms with E-state index < -0.39 is 5.97 Å². The van der Waals surface area contributed by atoms with Crippen molar-refractivity contribution in [3.8, 4) is 11.3 Å². The highest BCUT2D eigenvalue weighted by molar-refractivity contribution is 6.30. The van der Waals surface area contributed by atoms with E-state index in [0.717, 1.165) is 6.39 Å². The maximum atomic E-state index is 11.0. The summed E-state index contributed by atoms with van der Waals surface area (Å²) in [6.07, 6.45) is 2.56. The third kappa shape index (κ3) is 5.11. The summed E-state index contributed by atoms with van der Waals surface area (Å²) >= 11 is 5.71. The number of benzene rings is 1. The first-order chi connectivity index (χ1) is 14.3. The molecule has 0 fully saturated rings. The lowest BCUT2D eigenvalue weighted by Gasteiger charge is -1.97. The van der Waals surface area contributed by atoms with Gasteiger partial charge in [0, 0.05) is 17.5 Å². The van der Waals surface area contributed by atoms with Crippen molar-refractivity contribution in [2.24, 2.45) is 0 Å². The molecule has 0 saturated heterocycles. The summed E-state index contributed by atoms with van der Waals surface area (Å²) in [4.78, 5) is 26.8. The number of ketones is 1.